The molecule has 0 spiro atoms. The van der Waals surface area contributed by atoms with Gasteiger partial charge in [-0.2, -0.15) is 0 Å². The lowest BCUT2D eigenvalue weighted by molar-refractivity contribution is 0.0786. The first kappa shape index (κ1) is 14.0. The molecule has 1 N–H and O–H groups in total. The van der Waals surface area contributed by atoms with Gasteiger partial charge in [-0.25, -0.2) is 4.39 Å². The standard InChI is InChI=1S/C14H19BrFNO/c1-2-17-13(14-4-3-7-18-14)9-10-8-11(15)5-6-12(10)16/h5-6,8,13-14,17H,2-4,7,9H2,1H3. The van der Waals surface area contributed by atoms with Crippen LogP contribution in [0.15, 0.2) is 22.7 Å². The summed E-state index contributed by atoms with van der Waals surface area (Å²) in [7, 11) is 0. The van der Waals surface area contributed by atoms with Crippen molar-refractivity contribution in [2.75, 3.05) is 13.2 Å². The summed E-state index contributed by atoms with van der Waals surface area (Å²) in [6.45, 7) is 3.77. The van der Waals surface area contributed by atoms with Gasteiger partial charge >= 0.3 is 0 Å². The van der Waals surface area contributed by atoms with Crippen LogP contribution in [0.1, 0.15) is 25.3 Å². The zero-order valence-electron chi connectivity index (χ0n) is 10.6. The molecule has 1 aliphatic heterocycles. The predicted octanol–water partition coefficient (Wildman–Crippen LogP) is 3.29. The molecule has 0 bridgehead atoms. The molecule has 0 saturated carbocycles. The second kappa shape index (κ2) is 6.64. The van der Waals surface area contributed by atoms with E-state index in [1.165, 1.54) is 6.07 Å². The molecule has 2 nitrogen and oxygen atoms in total. The van der Waals surface area contributed by atoms with Crippen LogP contribution < -0.4 is 5.32 Å². The lowest BCUT2D eigenvalue weighted by Gasteiger charge is -2.24. The summed E-state index contributed by atoms with van der Waals surface area (Å²) in [5.41, 5.74) is 0.742. The van der Waals surface area contributed by atoms with Crippen molar-refractivity contribution in [1.29, 1.82) is 0 Å². The third kappa shape index (κ3) is 3.53. The van der Waals surface area contributed by atoms with Gasteiger partial charge in [-0.1, -0.05) is 22.9 Å². The fraction of sp³-hybridized carbons (Fsp3) is 0.571. The predicted molar refractivity (Wildman–Crippen MR) is 74.2 cm³/mol. The van der Waals surface area contributed by atoms with Crippen LogP contribution in [0.3, 0.4) is 0 Å². The number of benzene rings is 1. The Hall–Kier alpha value is -0.450. The van der Waals surface area contributed by atoms with E-state index in [-0.39, 0.29) is 18.0 Å². The molecule has 2 unspecified atom stereocenters. The van der Waals surface area contributed by atoms with E-state index in [2.05, 4.69) is 28.2 Å². The molecule has 1 aromatic carbocycles. The van der Waals surface area contributed by atoms with E-state index in [4.69, 9.17) is 4.74 Å². The normalized spacial score (nSPS) is 21.2. The van der Waals surface area contributed by atoms with E-state index in [0.717, 1.165) is 36.0 Å². The summed E-state index contributed by atoms with van der Waals surface area (Å²) in [6.07, 6.45) is 3.05. The van der Waals surface area contributed by atoms with Crippen LogP contribution in [0.2, 0.25) is 0 Å². The maximum Gasteiger partial charge on any atom is 0.126 e. The first-order chi connectivity index (χ1) is 8.70. The minimum atomic E-state index is -0.140. The third-order valence-electron chi connectivity index (χ3n) is 3.33. The van der Waals surface area contributed by atoms with Gasteiger partial charge in [0.15, 0.2) is 0 Å². The Morgan fingerprint density at radius 2 is 2.39 bits per heavy atom. The first-order valence-corrected chi connectivity index (χ1v) is 7.29. The Kier molecular flexibility index (Phi) is 5.15. The van der Waals surface area contributed by atoms with Crippen molar-refractivity contribution >= 4 is 15.9 Å². The maximum absolute atomic E-state index is 13.8. The maximum atomic E-state index is 13.8. The van der Waals surface area contributed by atoms with Crippen LogP contribution in [0.25, 0.3) is 0 Å². The van der Waals surface area contributed by atoms with E-state index >= 15 is 0 Å². The Labute approximate surface area is 116 Å². The van der Waals surface area contributed by atoms with E-state index in [0.29, 0.717) is 6.42 Å². The molecule has 4 heteroatoms. The molecule has 0 aliphatic carbocycles. The van der Waals surface area contributed by atoms with Crippen molar-refractivity contribution < 1.29 is 9.13 Å². The highest BCUT2D eigenvalue weighted by Crippen LogP contribution is 2.22. The number of halogens is 2. The quantitative estimate of drug-likeness (QED) is 0.900. The molecular weight excluding hydrogens is 297 g/mol. The average Bonchev–Trinajstić information content (AvgIpc) is 2.87. The minimum absolute atomic E-state index is 0.140. The number of ether oxygens (including phenoxy) is 1. The lowest BCUT2D eigenvalue weighted by atomic mass is 9.99. The second-order valence-corrected chi connectivity index (χ2v) is 5.57. The van der Waals surface area contributed by atoms with Crippen molar-refractivity contribution in [3.05, 3.63) is 34.1 Å². The summed E-state index contributed by atoms with van der Waals surface area (Å²) in [6, 6.07) is 5.29. The van der Waals surface area contributed by atoms with Crippen LogP contribution >= 0.6 is 15.9 Å². The van der Waals surface area contributed by atoms with Gasteiger partial charge in [-0.05, 0) is 49.6 Å². The summed E-state index contributed by atoms with van der Waals surface area (Å²) in [5, 5.41) is 3.41. The van der Waals surface area contributed by atoms with Gasteiger partial charge < -0.3 is 10.1 Å². The highest BCUT2D eigenvalue weighted by Gasteiger charge is 2.26. The largest absolute Gasteiger partial charge is 0.377 e. The van der Waals surface area contributed by atoms with Gasteiger partial charge in [-0.3, -0.25) is 0 Å². The fourth-order valence-corrected chi connectivity index (χ4v) is 2.86. The summed E-state index contributed by atoms with van der Waals surface area (Å²) < 4.78 is 20.4. The molecule has 100 valence electrons. The van der Waals surface area contributed by atoms with Crippen LogP contribution in [-0.2, 0) is 11.2 Å². The Bertz CT molecular complexity index is 393. The minimum Gasteiger partial charge on any atom is -0.377 e. The molecule has 0 amide bonds. The Morgan fingerprint density at radius 3 is 3.06 bits per heavy atom. The van der Waals surface area contributed by atoms with Gasteiger partial charge in [-0.15, -0.1) is 0 Å². The molecule has 1 heterocycles. The highest BCUT2D eigenvalue weighted by atomic mass is 79.9. The molecule has 1 aliphatic rings. The van der Waals surface area contributed by atoms with E-state index < -0.39 is 0 Å². The van der Waals surface area contributed by atoms with Crippen molar-refractivity contribution in [3.8, 4) is 0 Å². The summed E-state index contributed by atoms with van der Waals surface area (Å²) in [5.74, 6) is -0.140. The molecule has 18 heavy (non-hydrogen) atoms. The molecule has 1 fully saturated rings. The van der Waals surface area contributed by atoms with E-state index in [1.54, 1.807) is 6.07 Å². The van der Waals surface area contributed by atoms with Crippen molar-refractivity contribution in [2.24, 2.45) is 0 Å². The van der Waals surface area contributed by atoms with Gasteiger partial charge in [0.2, 0.25) is 0 Å². The van der Waals surface area contributed by atoms with Crippen LogP contribution in [0.5, 0.6) is 0 Å². The SMILES string of the molecule is CCNC(Cc1cc(Br)ccc1F)C1CCCO1. The molecule has 0 radical (unpaired) electrons. The fourth-order valence-electron chi connectivity index (χ4n) is 2.45. The second-order valence-electron chi connectivity index (χ2n) is 4.66. The number of likely N-dealkylation sites (N-methyl/N-ethyl adjacent to an activating group) is 1. The van der Waals surface area contributed by atoms with Crippen LogP contribution in [0, 0.1) is 5.82 Å². The lowest BCUT2D eigenvalue weighted by Crippen LogP contribution is -2.41. The molecular formula is C14H19BrFNO. The van der Waals surface area contributed by atoms with Crippen LogP contribution in [0.4, 0.5) is 4.39 Å². The smallest absolute Gasteiger partial charge is 0.126 e. The molecule has 1 saturated heterocycles. The highest BCUT2D eigenvalue weighted by molar-refractivity contribution is 9.10. The first-order valence-electron chi connectivity index (χ1n) is 6.49. The van der Waals surface area contributed by atoms with Crippen molar-refractivity contribution in [3.63, 3.8) is 0 Å². The number of hydrogen-bond acceptors (Lipinski definition) is 2. The molecule has 2 rings (SSSR count). The monoisotopic (exact) mass is 315 g/mol. The van der Waals surface area contributed by atoms with Gasteiger partial charge in [0.05, 0.1) is 6.10 Å². The van der Waals surface area contributed by atoms with E-state index in [1.807, 2.05) is 6.07 Å². The van der Waals surface area contributed by atoms with Gasteiger partial charge in [0.25, 0.3) is 0 Å². The Morgan fingerprint density at radius 1 is 1.56 bits per heavy atom. The summed E-state index contributed by atoms with van der Waals surface area (Å²) >= 11 is 3.39. The number of rotatable bonds is 5. The topological polar surface area (TPSA) is 21.3 Å². The molecule has 1 aromatic rings. The van der Waals surface area contributed by atoms with Gasteiger partial charge in [0, 0.05) is 17.1 Å². The average molecular weight is 316 g/mol. The van der Waals surface area contributed by atoms with E-state index in [9.17, 15) is 4.39 Å². The molecule has 0 aromatic heterocycles. The Balaban J connectivity index is 2.09. The van der Waals surface area contributed by atoms with Crippen LogP contribution in [-0.4, -0.2) is 25.3 Å². The van der Waals surface area contributed by atoms with Crippen molar-refractivity contribution in [1.82, 2.24) is 5.32 Å². The third-order valence-corrected chi connectivity index (χ3v) is 3.82. The van der Waals surface area contributed by atoms with Gasteiger partial charge in [0.1, 0.15) is 5.82 Å². The zero-order chi connectivity index (χ0) is 13.0. The zero-order valence-corrected chi connectivity index (χ0v) is 12.2. The molecule has 2 atom stereocenters. The number of hydrogen-bond donors (Lipinski definition) is 1. The summed E-state index contributed by atoms with van der Waals surface area (Å²) in [4.78, 5) is 0. The van der Waals surface area contributed by atoms with Crippen molar-refractivity contribution in [2.45, 2.75) is 38.3 Å². The number of nitrogens with one attached hydrogen (secondary N) is 1.